The Morgan fingerprint density at radius 2 is 1.67 bits per heavy atom. The molecule has 3 aliphatic rings. The van der Waals surface area contributed by atoms with Crippen molar-refractivity contribution in [3.8, 4) is 0 Å². The molecule has 2 aliphatic heterocycles. The fraction of sp³-hybridized carbons (Fsp3) is 0.545. The highest BCUT2D eigenvalue weighted by molar-refractivity contribution is 7.47. The smallest absolute Gasteiger partial charge is 0.388 e. The van der Waals surface area contributed by atoms with Crippen LogP contribution in [0.25, 0.3) is 22.3 Å². The SMILES string of the molecule is COC1C2OP(=O)(O)OC[C@H]3C[C@@H](n4cnc5c(N)ncnc54)C(O)C3OP(=O)(O)OC[C@H]2O[C@H]1n1cnc2c(=O)[nH]c(N)nc21. The third-order valence-electron chi connectivity index (χ3n) is 8.13. The quantitative estimate of drug-likeness (QED) is 0.140. The minimum atomic E-state index is -4.93. The van der Waals surface area contributed by atoms with E-state index in [4.69, 9.17) is 39.0 Å². The molecule has 3 fully saturated rings. The zero-order valence-electron chi connectivity index (χ0n) is 23.7. The van der Waals surface area contributed by atoms with Crippen LogP contribution in [0.4, 0.5) is 11.8 Å². The number of aromatic nitrogens is 8. The van der Waals surface area contributed by atoms with Gasteiger partial charge in [0.15, 0.2) is 28.9 Å². The molecule has 2 saturated heterocycles. The fourth-order valence-corrected chi connectivity index (χ4v) is 8.09. The number of aliphatic hydroxyl groups is 1. The first-order valence-corrected chi connectivity index (χ1v) is 16.7. The van der Waals surface area contributed by atoms with Crippen LogP contribution in [-0.4, -0.2) is 105 Å². The van der Waals surface area contributed by atoms with Gasteiger partial charge in [0.05, 0.1) is 31.9 Å². The van der Waals surface area contributed by atoms with Gasteiger partial charge in [0.25, 0.3) is 5.56 Å². The van der Waals surface area contributed by atoms with Crippen LogP contribution < -0.4 is 17.0 Å². The van der Waals surface area contributed by atoms with E-state index in [9.17, 15) is 28.8 Å². The highest BCUT2D eigenvalue weighted by Crippen LogP contribution is 2.55. The van der Waals surface area contributed by atoms with Crippen molar-refractivity contribution in [2.75, 3.05) is 31.8 Å². The largest absolute Gasteiger partial charge is 0.472 e. The maximum atomic E-state index is 13.3. The van der Waals surface area contributed by atoms with Crippen LogP contribution in [0.3, 0.4) is 0 Å². The lowest BCUT2D eigenvalue weighted by atomic mass is 10.1. The van der Waals surface area contributed by atoms with Crippen molar-refractivity contribution >= 4 is 49.7 Å². The number of nitrogens with two attached hydrogens (primary N) is 2. The van der Waals surface area contributed by atoms with Crippen LogP contribution in [0.5, 0.6) is 0 Å². The molecule has 0 aromatic carbocycles. The summed E-state index contributed by atoms with van der Waals surface area (Å²) in [7, 11) is -8.58. The molecular weight excluding hydrogens is 658 g/mol. The third kappa shape index (κ3) is 5.40. The minimum Gasteiger partial charge on any atom is -0.388 e. The van der Waals surface area contributed by atoms with Gasteiger partial charge in [-0.05, 0) is 6.42 Å². The van der Waals surface area contributed by atoms with E-state index in [0.717, 1.165) is 0 Å². The molecule has 4 aromatic rings. The standard InChI is InChI=1S/C22H28N10O12P2/c1-39-16-15-10(42-21(16)32-7-28-12-19(32)29-22(24)30-20(12)34)4-41-46(37,38)43-14-8(3-40-45(35,36)44-15)2-9(13(14)33)31-6-27-11-17(23)25-5-26-18(11)31/h5-10,13-16,21,33H,2-4H2,1H3,(H,35,36)(H,37,38)(H2,23,25,26)(H3,24,29,30,34)/t8-,9-,10-,13?,14?,15?,16?,21-/m1/s1. The topological polar surface area (TPSA) is 309 Å². The van der Waals surface area contributed by atoms with Crippen molar-refractivity contribution in [2.24, 2.45) is 5.92 Å². The molecule has 1 saturated carbocycles. The maximum absolute atomic E-state index is 13.3. The van der Waals surface area contributed by atoms with Crippen LogP contribution in [-0.2, 0) is 36.7 Å². The number of anilines is 2. The highest BCUT2D eigenvalue weighted by Gasteiger charge is 2.54. The van der Waals surface area contributed by atoms with Gasteiger partial charge < -0.3 is 40.4 Å². The molecule has 22 nitrogen and oxygen atoms in total. The maximum Gasteiger partial charge on any atom is 0.472 e. The molecule has 1 aliphatic carbocycles. The Balaban J connectivity index is 1.18. The number of nitrogen functional groups attached to an aromatic ring is 2. The van der Waals surface area contributed by atoms with Crippen molar-refractivity contribution in [1.29, 1.82) is 0 Å². The fourth-order valence-electron chi connectivity index (χ4n) is 6.08. The van der Waals surface area contributed by atoms with E-state index in [2.05, 4.69) is 29.9 Å². The van der Waals surface area contributed by atoms with Gasteiger partial charge in [-0.25, -0.2) is 29.1 Å². The molecule has 8 N–H and O–H groups in total. The van der Waals surface area contributed by atoms with E-state index in [1.807, 2.05) is 0 Å². The lowest BCUT2D eigenvalue weighted by Gasteiger charge is -2.29. The Bertz CT molecular complexity index is 1950. The summed E-state index contributed by atoms with van der Waals surface area (Å²) < 4.78 is 62.5. The number of ether oxygens (including phenoxy) is 2. The number of rotatable bonds is 3. The number of phosphoric acid groups is 2. The number of methoxy groups -OCH3 is 1. The Labute approximate surface area is 256 Å². The summed E-state index contributed by atoms with van der Waals surface area (Å²) in [5.74, 6) is -1.02. The average Bonchev–Trinajstić information content (AvgIpc) is 3.75. The first-order chi connectivity index (χ1) is 21.9. The normalized spacial score (nSPS) is 37.1. The average molecular weight is 686 g/mol. The number of hydrogen-bond donors (Lipinski definition) is 6. The van der Waals surface area contributed by atoms with Gasteiger partial charge >= 0.3 is 15.6 Å². The molecule has 6 unspecified atom stereocenters. The number of fused-ring (bicyclic) bond motifs is 4. The van der Waals surface area contributed by atoms with Gasteiger partial charge in [-0.15, -0.1) is 0 Å². The van der Waals surface area contributed by atoms with Crippen LogP contribution in [0.2, 0.25) is 0 Å². The minimum absolute atomic E-state index is 0.00214. The number of hydrogen-bond acceptors (Lipinski definition) is 17. The molecule has 46 heavy (non-hydrogen) atoms. The lowest BCUT2D eigenvalue weighted by molar-refractivity contribution is -0.0632. The summed E-state index contributed by atoms with van der Waals surface area (Å²) in [6.45, 7) is -1.26. The Morgan fingerprint density at radius 1 is 0.978 bits per heavy atom. The number of aromatic amines is 1. The van der Waals surface area contributed by atoms with E-state index in [-0.39, 0.29) is 40.5 Å². The highest BCUT2D eigenvalue weighted by atomic mass is 31.2. The summed E-state index contributed by atoms with van der Waals surface area (Å²) in [6.07, 6.45) is -4.18. The molecule has 6 heterocycles. The molecule has 248 valence electrons. The number of phosphoric ester groups is 2. The number of aliphatic hydroxyl groups excluding tert-OH is 1. The van der Waals surface area contributed by atoms with Gasteiger partial charge in [-0.3, -0.25) is 32.4 Å². The zero-order chi connectivity index (χ0) is 32.5. The summed E-state index contributed by atoms with van der Waals surface area (Å²) >= 11 is 0. The number of nitrogens with one attached hydrogen (secondary N) is 1. The second-order valence-corrected chi connectivity index (χ2v) is 13.7. The number of imidazole rings is 2. The first-order valence-electron chi connectivity index (χ1n) is 13.7. The van der Waals surface area contributed by atoms with E-state index >= 15 is 0 Å². The van der Waals surface area contributed by atoms with Crippen LogP contribution in [0.15, 0.2) is 23.8 Å². The molecule has 0 spiro atoms. The van der Waals surface area contributed by atoms with Gasteiger partial charge in [-0.2, -0.15) is 4.98 Å². The summed E-state index contributed by atoms with van der Waals surface area (Å²) in [4.78, 5) is 56.6. The molecule has 10 atom stereocenters. The van der Waals surface area contributed by atoms with Gasteiger partial charge in [-0.1, -0.05) is 0 Å². The third-order valence-corrected chi connectivity index (χ3v) is 10.1. The summed E-state index contributed by atoms with van der Waals surface area (Å²) in [5, 5.41) is 11.3. The van der Waals surface area contributed by atoms with Gasteiger partial charge in [0.1, 0.15) is 42.4 Å². The monoisotopic (exact) mass is 686 g/mol. The van der Waals surface area contributed by atoms with E-state index in [1.54, 1.807) is 0 Å². The van der Waals surface area contributed by atoms with Crippen molar-refractivity contribution < 1.29 is 51.6 Å². The lowest BCUT2D eigenvalue weighted by Crippen LogP contribution is -2.38. The second-order valence-electron chi connectivity index (χ2n) is 10.8. The molecule has 0 radical (unpaired) electrons. The Kier molecular flexibility index (Phi) is 7.73. The van der Waals surface area contributed by atoms with E-state index in [0.29, 0.717) is 0 Å². The Hall–Kier alpha value is -3.40. The molecule has 0 amide bonds. The van der Waals surface area contributed by atoms with E-state index < -0.39 is 83.1 Å². The molecule has 4 aromatic heterocycles. The van der Waals surface area contributed by atoms with E-state index in [1.165, 1.54) is 35.2 Å². The van der Waals surface area contributed by atoms with Crippen LogP contribution in [0.1, 0.15) is 18.7 Å². The second kappa shape index (κ2) is 11.4. The predicted molar refractivity (Wildman–Crippen MR) is 151 cm³/mol. The summed E-state index contributed by atoms with van der Waals surface area (Å²) in [6, 6.07) is -0.830. The Morgan fingerprint density at radius 3 is 2.43 bits per heavy atom. The number of nitrogens with zero attached hydrogens (tertiary/aromatic N) is 7. The predicted octanol–water partition coefficient (Wildman–Crippen LogP) is -1.02. The molecular formula is C22H28N10O12P2. The van der Waals surface area contributed by atoms with Crippen molar-refractivity contribution in [2.45, 2.75) is 49.2 Å². The van der Waals surface area contributed by atoms with Crippen LogP contribution in [0, 0.1) is 5.92 Å². The summed E-state index contributed by atoms with van der Waals surface area (Å²) in [5.41, 5.74) is 11.4. The van der Waals surface area contributed by atoms with Crippen molar-refractivity contribution in [3.63, 3.8) is 0 Å². The molecule has 7 rings (SSSR count). The number of H-pyrrole nitrogens is 1. The van der Waals surface area contributed by atoms with Crippen molar-refractivity contribution in [3.05, 3.63) is 29.3 Å². The van der Waals surface area contributed by atoms with Crippen molar-refractivity contribution in [1.82, 2.24) is 39.0 Å². The zero-order valence-corrected chi connectivity index (χ0v) is 25.5. The van der Waals surface area contributed by atoms with Gasteiger partial charge in [0.2, 0.25) is 5.95 Å². The van der Waals surface area contributed by atoms with Crippen LogP contribution >= 0.6 is 15.6 Å². The molecule has 24 heteroatoms. The molecule has 0 bridgehead atoms. The van der Waals surface area contributed by atoms with Gasteiger partial charge in [0, 0.05) is 13.0 Å². The first kappa shape index (κ1) is 31.2.